The van der Waals surface area contributed by atoms with Crippen LogP contribution in [0.15, 0.2) is 35.8 Å². The first kappa shape index (κ1) is 16.3. The van der Waals surface area contributed by atoms with E-state index in [2.05, 4.69) is 10.3 Å². The molecule has 3 rings (SSSR count). The van der Waals surface area contributed by atoms with E-state index in [1.54, 1.807) is 18.6 Å². The highest BCUT2D eigenvalue weighted by Crippen LogP contribution is 2.41. The van der Waals surface area contributed by atoms with Gasteiger partial charge in [-0.25, -0.2) is 9.78 Å². The molecule has 0 aromatic carbocycles. The molecule has 0 saturated carbocycles. The largest absolute Gasteiger partial charge is 0.472 e. The van der Waals surface area contributed by atoms with E-state index < -0.39 is 5.97 Å². The lowest BCUT2D eigenvalue weighted by atomic mass is 10.0. The van der Waals surface area contributed by atoms with Crippen LogP contribution in [0.3, 0.4) is 0 Å². The second-order valence-corrected chi connectivity index (χ2v) is 5.74. The second kappa shape index (κ2) is 6.49. The van der Waals surface area contributed by atoms with Gasteiger partial charge in [0, 0.05) is 6.92 Å². The first-order valence-corrected chi connectivity index (χ1v) is 7.70. The van der Waals surface area contributed by atoms with Crippen molar-refractivity contribution < 1.29 is 19.1 Å². The van der Waals surface area contributed by atoms with Crippen LogP contribution in [0, 0.1) is 0 Å². The standard InChI is InChI=1S/C17H15ClN2O4/c1-9(21)19-14-7-13(20-16(15(14)18)17(22)23-2)12-4-3-10-8-24-6-5-11(10)12/h5-8H,3-4H2,1-2H3,(H,19,20,21). The van der Waals surface area contributed by atoms with E-state index in [0.29, 0.717) is 11.4 Å². The molecule has 0 saturated heterocycles. The lowest BCUT2D eigenvalue weighted by Crippen LogP contribution is -2.12. The van der Waals surface area contributed by atoms with Crippen molar-refractivity contribution >= 4 is 34.7 Å². The predicted octanol–water partition coefficient (Wildman–Crippen LogP) is 3.46. The molecule has 7 heteroatoms. The molecule has 1 aliphatic carbocycles. The predicted molar refractivity (Wildman–Crippen MR) is 89.4 cm³/mol. The Balaban J connectivity index is 2.16. The molecule has 0 fully saturated rings. The Kier molecular flexibility index (Phi) is 4.40. The van der Waals surface area contributed by atoms with Gasteiger partial charge < -0.3 is 14.8 Å². The maximum Gasteiger partial charge on any atom is 0.358 e. The van der Waals surface area contributed by atoms with Crippen LogP contribution in [0.2, 0.25) is 5.02 Å². The molecular formula is C17H15ClN2O4. The van der Waals surface area contributed by atoms with Crippen LogP contribution in [0.25, 0.3) is 5.57 Å². The Bertz CT molecular complexity index is 824. The maximum atomic E-state index is 12.0. The number of anilines is 1. The third-order valence-corrected chi connectivity index (χ3v) is 4.18. The second-order valence-electron chi connectivity index (χ2n) is 5.36. The minimum atomic E-state index is -0.657. The monoisotopic (exact) mass is 346 g/mol. The van der Waals surface area contributed by atoms with Gasteiger partial charge in [0.15, 0.2) is 5.69 Å². The number of fused-ring (bicyclic) bond motifs is 1. The normalized spacial score (nSPS) is 15.5. The summed E-state index contributed by atoms with van der Waals surface area (Å²) in [6.07, 6.45) is 6.74. The minimum absolute atomic E-state index is 0.0259. The quantitative estimate of drug-likeness (QED) is 0.848. The summed E-state index contributed by atoms with van der Waals surface area (Å²) in [5, 5.41) is 2.69. The molecule has 0 radical (unpaired) electrons. The van der Waals surface area contributed by atoms with Gasteiger partial charge in [-0.05, 0) is 41.7 Å². The number of rotatable bonds is 3. The van der Waals surface area contributed by atoms with Crippen molar-refractivity contribution in [1.29, 1.82) is 0 Å². The zero-order valence-corrected chi connectivity index (χ0v) is 13.9. The Morgan fingerprint density at radius 3 is 2.88 bits per heavy atom. The van der Waals surface area contributed by atoms with Gasteiger partial charge in [0.1, 0.15) is 0 Å². The number of hydrogen-bond acceptors (Lipinski definition) is 5. The number of carbonyl (C=O) groups is 2. The number of nitrogens with one attached hydrogen (secondary N) is 1. The average molecular weight is 347 g/mol. The van der Waals surface area contributed by atoms with Gasteiger partial charge in [-0.2, -0.15) is 0 Å². The fraction of sp³-hybridized carbons (Fsp3) is 0.235. The molecule has 24 heavy (non-hydrogen) atoms. The Hall–Kier alpha value is -2.60. The van der Waals surface area contributed by atoms with E-state index >= 15 is 0 Å². The van der Waals surface area contributed by atoms with Gasteiger partial charge >= 0.3 is 5.97 Å². The molecule has 1 aliphatic heterocycles. The van der Waals surface area contributed by atoms with E-state index in [0.717, 1.165) is 29.6 Å². The van der Waals surface area contributed by atoms with E-state index in [9.17, 15) is 9.59 Å². The van der Waals surface area contributed by atoms with Crippen LogP contribution in [0.5, 0.6) is 0 Å². The SMILES string of the molecule is COC(=O)c1nc(C2=C3C=COC=C3CC2)cc(NC(C)=O)c1Cl. The molecule has 1 amide bonds. The summed E-state index contributed by atoms with van der Waals surface area (Å²) in [6.45, 7) is 1.37. The number of allylic oxidation sites excluding steroid dienone is 4. The molecule has 1 N–H and O–H groups in total. The molecule has 1 aromatic heterocycles. The number of methoxy groups -OCH3 is 1. The average Bonchev–Trinajstić information content (AvgIpc) is 2.99. The van der Waals surface area contributed by atoms with E-state index in [4.69, 9.17) is 21.1 Å². The van der Waals surface area contributed by atoms with Crippen molar-refractivity contribution in [2.24, 2.45) is 0 Å². The van der Waals surface area contributed by atoms with Crippen LogP contribution >= 0.6 is 11.6 Å². The highest BCUT2D eigenvalue weighted by atomic mass is 35.5. The lowest BCUT2D eigenvalue weighted by Gasteiger charge is -2.13. The van der Waals surface area contributed by atoms with Crippen LogP contribution in [0.4, 0.5) is 5.69 Å². The van der Waals surface area contributed by atoms with Crippen molar-refractivity contribution in [1.82, 2.24) is 4.98 Å². The highest BCUT2D eigenvalue weighted by molar-refractivity contribution is 6.36. The minimum Gasteiger partial charge on any atom is -0.472 e. The number of halogens is 1. The van der Waals surface area contributed by atoms with Gasteiger partial charge in [-0.1, -0.05) is 11.6 Å². The van der Waals surface area contributed by atoms with Gasteiger partial charge in [-0.15, -0.1) is 0 Å². The van der Waals surface area contributed by atoms with E-state index in [1.165, 1.54) is 14.0 Å². The summed E-state index contributed by atoms with van der Waals surface area (Å²) >= 11 is 6.20. The number of carbonyl (C=O) groups excluding carboxylic acids is 2. The molecule has 0 spiro atoms. The first-order valence-electron chi connectivity index (χ1n) is 7.32. The molecule has 1 aromatic rings. The fourth-order valence-corrected chi connectivity index (χ4v) is 2.97. The summed E-state index contributed by atoms with van der Waals surface area (Å²) in [4.78, 5) is 27.8. The highest BCUT2D eigenvalue weighted by Gasteiger charge is 2.25. The number of pyridine rings is 1. The van der Waals surface area contributed by atoms with E-state index in [-0.39, 0.29) is 16.6 Å². The van der Waals surface area contributed by atoms with Crippen molar-refractivity contribution in [2.75, 3.05) is 12.4 Å². The summed E-state index contributed by atoms with van der Waals surface area (Å²) in [7, 11) is 1.25. The topological polar surface area (TPSA) is 77.5 Å². The summed E-state index contributed by atoms with van der Waals surface area (Å²) in [5.74, 6) is -0.948. The zero-order valence-electron chi connectivity index (χ0n) is 13.2. The van der Waals surface area contributed by atoms with Crippen molar-refractivity contribution in [3.05, 3.63) is 52.2 Å². The maximum absolute atomic E-state index is 12.0. The van der Waals surface area contributed by atoms with Gasteiger partial charge in [0.2, 0.25) is 5.91 Å². The summed E-state index contributed by atoms with van der Waals surface area (Å²) in [6, 6.07) is 1.67. The summed E-state index contributed by atoms with van der Waals surface area (Å²) in [5.41, 5.74) is 3.94. The molecule has 2 aliphatic rings. The third kappa shape index (κ3) is 2.92. The number of aromatic nitrogens is 1. The van der Waals surface area contributed by atoms with Gasteiger partial charge in [0.05, 0.1) is 36.0 Å². The zero-order chi connectivity index (χ0) is 17.3. The van der Waals surface area contributed by atoms with Gasteiger partial charge in [-0.3, -0.25) is 4.79 Å². The molecule has 0 unspecified atom stereocenters. The molecule has 0 atom stereocenters. The molecule has 124 valence electrons. The first-order chi connectivity index (χ1) is 11.5. The Labute approximate surface area is 143 Å². The van der Waals surface area contributed by atoms with Crippen LogP contribution in [-0.4, -0.2) is 24.0 Å². The summed E-state index contributed by atoms with van der Waals surface area (Å²) < 4.78 is 9.93. The van der Waals surface area contributed by atoms with E-state index in [1.807, 2.05) is 6.08 Å². The van der Waals surface area contributed by atoms with Crippen molar-refractivity contribution in [2.45, 2.75) is 19.8 Å². The molecule has 6 nitrogen and oxygen atoms in total. The van der Waals surface area contributed by atoms with Crippen molar-refractivity contribution in [3.63, 3.8) is 0 Å². The number of hydrogen-bond donors (Lipinski definition) is 1. The Morgan fingerprint density at radius 1 is 1.38 bits per heavy atom. The van der Waals surface area contributed by atoms with Gasteiger partial charge in [0.25, 0.3) is 0 Å². The van der Waals surface area contributed by atoms with Crippen LogP contribution in [0.1, 0.15) is 35.9 Å². The smallest absolute Gasteiger partial charge is 0.358 e. The molecular weight excluding hydrogens is 332 g/mol. The number of nitrogens with zero attached hydrogens (tertiary/aromatic N) is 1. The van der Waals surface area contributed by atoms with Crippen LogP contribution < -0.4 is 5.32 Å². The third-order valence-electron chi connectivity index (χ3n) is 3.80. The van der Waals surface area contributed by atoms with Crippen LogP contribution in [-0.2, 0) is 14.3 Å². The molecule has 0 bridgehead atoms. The fourth-order valence-electron chi connectivity index (χ4n) is 2.74. The van der Waals surface area contributed by atoms with Crippen molar-refractivity contribution in [3.8, 4) is 0 Å². The Morgan fingerprint density at radius 2 is 2.17 bits per heavy atom. The number of esters is 1. The molecule has 2 heterocycles. The number of ether oxygens (including phenoxy) is 2. The number of amides is 1. The lowest BCUT2D eigenvalue weighted by molar-refractivity contribution is -0.114.